The van der Waals surface area contributed by atoms with Crippen molar-refractivity contribution in [2.24, 2.45) is 5.10 Å². The third-order valence-corrected chi connectivity index (χ3v) is 7.62. The summed E-state index contributed by atoms with van der Waals surface area (Å²) in [5, 5.41) is 16.4. The zero-order valence-corrected chi connectivity index (χ0v) is 25.6. The van der Waals surface area contributed by atoms with Gasteiger partial charge in [0.25, 0.3) is 11.6 Å². The van der Waals surface area contributed by atoms with Gasteiger partial charge in [0.05, 0.1) is 21.2 Å². The average Bonchev–Trinajstić information content (AvgIpc) is 3.33. The van der Waals surface area contributed by atoms with E-state index < -0.39 is 16.8 Å². The molecule has 4 aromatic carbocycles. The molecule has 9 nitrogen and oxygen atoms in total. The lowest BCUT2D eigenvalue weighted by molar-refractivity contribution is -0.384. The first kappa shape index (κ1) is 29.2. The minimum Gasteiger partial charge on any atom is -0.421 e. The summed E-state index contributed by atoms with van der Waals surface area (Å²) >= 11 is 13.3. The molecule has 12 heteroatoms. The van der Waals surface area contributed by atoms with Crippen molar-refractivity contribution in [1.29, 1.82) is 0 Å². The highest BCUT2D eigenvalue weighted by atomic mass is 79.9. The lowest BCUT2D eigenvalue weighted by Crippen LogP contribution is -2.19. The Hall–Kier alpha value is -4.32. The van der Waals surface area contributed by atoms with Crippen LogP contribution in [0.2, 0.25) is 5.02 Å². The summed E-state index contributed by atoms with van der Waals surface area (Å²) in [6.45, 7) is 1.97. The van der Waals surface area contributed by atoms with Gasteiger partial charge in [0.1, 0.15) is 5.69 Å². The van der Waals surface area contributed by atoms with Crippen molar-refractivity contribution in [1.82, 2.24) is 10.4 Å². The number of nitro groups is 1. The lowest BCUT2D eigenvalue weighted by atomic mass is 10.0. The quantitative estimate of drug-likeness (QED) is 0.0579. The van der Waals surface area contributed by atoms with E-state index in [9.17, 15) is 19.7 Å². The van der Waals surface area contributed by atoms with E-state index in [1.54, 1.807) is 18.2 Å². The van der Waals surface area contributed by atoms with Gasteiger partial charge in [0.2, 0.25) is 0 Å². The summed E-state index contributed by atoms with van der Waals surface area (Å²) in [5.74, 6) is -1.10. The summed E-state index contributed by atoms with van der Waals surface area (Å²) in [6.07, 6.45) is 1.34. The van der Waals surface area contributed by atoms with Gasteiger partial charge in [0.15, 0.2) is 5.75 Å². The molecule has 2 N–H and O–H groups in total. The van der Waals surface area contributed by atoms with E-state index >= 15 is 0 Å². The molecule has 5 rings (SSSR count). The Labute approximate surface area is 260 Å². The second-order valence-electron chi connectivity index (χ2n) is 9.10. The average molecular weight is 711 g/mol. The van der Waals surface area contributed by atoms with Crippen LogP contribution >= 0.6 is 43.5 Å². The van der Waals surface area contributed by atoms with Crippen molar-refractivity contribution in [2.45, 2.75) is 6.92 Å². The van der Waals surface area contributed by atoms with E-state index in [0.717, 1.165) is 16.5 Å². The summed E-state index contributed by atoms with van der Waals surface area (Å²) in [5.41, 5.74) is 6.29. The number of halogens is 3. The standard InChI is InChI=1S/C30H19Br2ClN4O5/c1-16-6-11-25-22(12-16)26(21-4-2-3-5-24(21)33)27(35-25)29(38)36-34-15-18-13-19(31)14-23(32)28(18)42-30(39)17-7-9-20(10-8-17)37(40)41/h2-15,35H,1H3,(H,36,38). The highest BCUT2D eigenvalue weighted by molar-refractivity contribution is 9.11. The number of fused-ring (bicyclic) bond motifs is 1. The topological polar surface area (TPSA) is 127 Å². The van der Waals surface area contributed by atoms with Crippen molar-refractivity contribution in [3.63, 3.8) is 0 Å². The number of esters is 1. The number of carbonyl (C=O) groups excluding carboxylic acids is 2. The van der Waals surface area contributed by atoms with Gasteiger partial charge in [0, 0.05) is 49.2 Å². The van der Waals surface area contributed by atoms with Gasteiger partial charge in [-0.1, -0.05) is 57.4 Å². The van der Waals surface area contributed by atoms with Crippen LogP contribution in [0, 0.1) is 17.0 Å². The van der Waals surface area contributed by atoms with E-state index in [1.807, 2.05) is 43.3 Å². The second kappa shape index (κ2) is 12.3. The first-order chi connectivity index (χ1) is 20.1. The number of hydrazone groups is 1. The van der Waals surface area contributed by atoms with E-state index in [1.165, 1.54) is 30.5 Å². The molecule has 1 amide bonds. The monoisotopic (exact) mass is 708 g/mol. The van der Waals surface area contributed by atoms with Gasteiger partial charge in [-0.25, -0.2) is 10.2 Å². The Morgan fingerprint density at radius 3 is 2.50 bits per heavy atom. The highest BCUT2D eigenvalue weighted by Crippen LogP contribution is 2.37. The number of rotatable bonds is 7. The number of carbonyl (C=O) groups is 2. The molecule has 1 heterocycles. The molecule has 0 aliphatic heterocycles. The smallest absolute Gasteiger partial charge is 0.343 e. The fourth-order valence-corrected chi connectivity index (χ4v) is 5.86. The Kier molecular flexibility index (Phi) is 8.53. The summed E-state index contributed by atoms with van der Waals surface area (Å²) < 4.78 is 6.69. The van der Waals surface area contributed by atoms with Gasteiger partial charge in [-0.15, -0.1) is 0 Å². The van der Waals surface area contributed by atoms with Crippen molar-refractivity contribution in [3.8, 4) is 16.9 Å². The predicted molar refractivity (Wildman–Crippen MR) is 168 cm³/mol. The number of hydrogen-bond donors (Lipinski definition) is 2. The number of aromatic amines is 1. The number of benzene rings is 4. The molecule has 0 radical (unpaired) electrons. The van der Waals surface area contributed by atoms with Crippen LogP contribution in [0.3, 0.4) is 0 Å². The third kappa shape index (κ3) is 6.13. The molecule has 0 saturated carbocycles. The van der Waals surface area contributed by atoms with Crippen molar-refractivity contribution < 1.29 is 19.2 Å². The fraction of sp³-hybridized carbons (Fsp3) is 0.0333. The van der Waals surface area contributed by atoms with Crippen LogP contribution in [-0.2, 0) is 0 Å². The number of amides is 1. The molecule has 0 unspecified atom stereocenters. The number of aromatic nitrogens is 1. The summed E-state index contributed by atoms with van der Waals surface area (Å²) in [4.78, 5) is 39.8. The number of H-pyrrole nitrogens is 1. The zero-order valence-electron chi connectivity index (χ0n) is 21.7. The molecule has 0 saturated heterocycles. The van der Waals surface area contributed by atoms with Crippen LogP contribution in [-0.4, -0.2) is 28.0 Å². The van der Waals surface area contributed by atoms with Crippen molar-refractivity contribution in [3.05, 3.63) is 125 Å². The number of nitro benzene ring substituents is 1. The van der Waals surface area contributed by atoms with E-state index in [-0.39, 0.29) is 22.7 Å². The summed E-state index contributed by atoms with van der Waals surface area (Å²) in [7, 11) is 0. The molecular weight excluding hydrogens is 692 g/mol. The van der Waals surface area contributed by atoms with Gasteiger partial charge >= 0.3 is 5.97 Å². The van der Waals surface area contributed by atoms with E-state index in [0.29, 0.717) is 30.7 Å². The minimum atomic E-state index is -0.732. The van der Waals surface area contributed by atoms with Crippen LogP contribution in [0.15, 0.2) is 92.9 Å². The molecule has 0 spiro atoms. The maximum Gasteiger partial charge on any atom is 0.343 e. The molecule has 5 aromatic rings. The Balaban J connectivity index is 1.43. The number of nitrogens with zero attached hydrogens (tertiary/aromatic N) is 2. The molecule has 0 aliphatic rings. The van der Waals surface area contributed by atoms with Gasteiger partial charge in [-0.2, -0.15) is 5.10 Å². The van der Waals surface area contributed by atoms with Gasteiger partial charge < -0.3 is 9.72 Å². The first-order valence-corrected chi connectivity index (χ1v) is 14.2. The number of ether oxygens (including phenoxy) is 1. The Bertz CT molecular complexity index is 1900. The van der Waals surface area contributed by atoms with Crippen LogP contribution < -0.4 is 10.2 Å². The number of nitrogens with one attached hydrogen (secondary N) is 2. The number of non-ortho nitro benzene ring substituents is 1. The molecule has 0 bridgehead atoms. The molecule has 0 aliphatic carbocycles. The van der Waals surface area contributed by atoms with Gasteiger partial charge in [-0.3, -0.25) is 14.9 Å². The molecular formula is C30H19Br2ClN4O5. The van der Waals surface area contributed by atoms with Crippen LogP contribution in [0.5, 0.6) is 5.75 Å². The van der Waals surface area contributed by atoms with E-state index in [2.05, 4.69) is 47.4 Å². The first-order valence-electron chi connectivity index (χ1n) is 12.3. The molecule has 210 valence electrons. The van der Waals surface area contributed by atoms with Crippen molar-refractivity contribution in [2.75, 3.05) is 0 Å². The maximum absolute atomic E-state index is 13.4. The highest BCUT2D eigenvalue weighted by Gasteiger charge is 2.21. The Morgan fingerprint density at radius 1 is 1.05 bits per heavy atom. The van der Waals surface area contributed by atoms with Crippen LogP contribution in [0.1, 0.15) is 32.0 Å². The number of aryl methyl sites for hydroxylation is 1. The fourth-order valence-electron chi connectivity index (χ4n) is 4.29. The lowest BCUT2D eigenvalue weighted by Gasteiger charge is -2.11. The largest absolute Gasteiger partial charge is 0.421 e. The molecule has 0 fully saturated rings. The second-order valence-corrected chi connectivity index (χ2v) is 11.3. The number of hydrogen-bond acceptors (Lipinski definition) is 6. The third-order valence-electron chi connectivity index (χ3n) is 6.24. The normalized spacial score (nSPS) is 11.1. The van der Waals surface area contributed by atoms with Crippen LogP contribution in [0.4, 0.5) is 5.69 Å². The maximum atomic E-state index is 13.4. The molecule has 42 heavy (non-hydrogen) atoms. The zero-order chi connectivity index (χ0) is 30.0. The molecule has 0 atom stereocenters. The Morgan fingerprint density at radius 2 is 1.79 bits per heavy atom. The molecule has 1 aromatic heterocycles. The van der Waals surface area contributed by atoms with E-state index in [4.69, 9.17) is 16.3 Å². The van der Waals surface area contributed by atoms with Crippen LogP contribution in [0.25, 0.3) is 22.0 Å². The van der Waals surface area contributed by atoms with Gasteiger partial charge in [-0.05, 0) is 65.3 Å². The predicted octanol–water partition coefficient (Wildman–Crippen LogP) is 8.21. The summed E-state index contributed by atoms with van der Waals surface area (Å²) in [6, 6.07) is 21.5. The van der Waals surface area contributed by atoms with Crippen molar-refractivity contribution >= 4 is 78.1 Å². The SMILES string of the molecule is Cc1ccc2[nH]c(C(=O)NN=Cc3cc(Br)cc(Br)c3OC(=O)c3ccc([N+](=O)[O-])cc3)c(-c3ccccc3Cl)c2c1. The minimum absolute atomic E-state index is 0.118.